The zero-order valence-corrected chi connectivity index (χ0v) is 12.2. The molecule has 2 N–H and O–H groups in total. The maximum absolute atomic E-state index is 12.9. The third-order valence-electron chi connectivity index (χ3n) is 7.01. The second-order valence-corrected chi connectivity index (χ2v) is 7.55. The van der Waals surface area contributed by atoms with Gasteiger partial charge in [0.25, 0.3) is 0 Å². The van der Waals surface area contributed by atoms with Gasteiger partial charge in [-0.15, -0.1) is 0 Å². The van der Waals surface area contributed by atoms with Gasteiger partial charge in [0.15, 0.2) is 5.78 Å². The van der Waals surface area contributed by atoms with Crippen molar-refractivity contribution in [3.05, 3.63) is 0 Å². The summed E-state index contributed by atoms with van der Waals surface area (Å²) in [4.78, 5) is 15.3. The van der Waals surface area contributed by atoms with Crippen LogP contribution in [0.15, 0.2) is 0 Å². The number of carbonyl (C=O) groups excluding carboxylic acids is 1. The molecule has 0 aromatic rings. The molecular weight excluding hydrogens is 254 g/mol. The van der Waals surface area contributed by atoms with Gasteiger partial charge in [-0.1, -0.05) is 6.92 Å². The first-order valence-corrected chi connectivity index (χ1v) is 8.18. The van der Waals surface area contributed by atoms with Gasteiger partial charge in [0.05, 0.1) is 17.7 Å². The first-order valence-electron chi connectivity index (χ1n) is 8.18. The average Bonchev–Trinajstić information content (AvgIpc) is 2.96. The molecule has 6 atom stereocenters. The monoisotopic (exact) mass is 279 g/mol. The fourth-order valence-corrected chi connectivity index (χ4v) is 6.31. The molecule has 2 aliphatic carbocycles. The van der Waals surface area contributed by atoms with Crippen LogP contribution in [0.1, 0.15) is 45.4 Å². The van der Waals surface area contributed by atoms with Crippen molar-refractivity contribution in [2.24, 2.45) is 17.3 Å². The van der Waals surface area contributed by atoms with Crippen molar-refractivity contribution in [1.82, 2.24) is 4.90 Å². The van der Waals surface area contributed by atoms with E-state index in [4.69, 9.17) is 0 Å². The van der Waals surface area contributed by atoms with Gasteiger partial charge in [-0.05, 0) is 51.1 Å². The Hall–Kier alpha value is -0.450. The lowest BCUT2D eigenvalue weighted by molar-refractivity contribution is -0.186. The average molecular weight is 279 g/mol. The van der Waals surface area contributed by atoms with Gasteiger partial charge in [-0.2, -0.15) is 0 Å². The van der Waals surface area contributed by atoms with Gasteiger partial charge in [-0.3, -0.25) is 9.69 Å². The number of nitrogens with zero attached hydrogens (tertiary/aromatic N) is 1. The van der Waals surface area contributed by atoms with Crippen molar-refractivity contribution in [1.29, 1.82) is 0 Å². The minimum Gasteiger partial charge on any atom is -0.393 e. The third kappa shape index (κ3) is 1.23. The molecule has 2 heterocycles. The highest BCUT2D eigenvalue weighted by atomic mass is 16.3. The largest absolute Gasteiger partial charge is 0.393 e. The van der Waals surface area contributed by atoms with E-state index in [0.29, 0.717) is 18.6 Å². The molecule has 4 heteroatoms. The number of rotatable bonds is 0. The quantitative estimate of drug-likeness (QED) is 0.693. The Bertz CT molecular complexity index is 453. The molecule has 2 saturated heterocycles. The van der Waals surface area contributed by atoms with Crippen molar-refractivity contribution < 1.29 is 15.0 Å². The number of aliphatic hydroxyl groups excluding tert-OH is 2. The Morgan fingerprint density at radius 2 is 1.90 bits per heavy atom. The molecule has 0 amide bonds. The summed E-state index contributed by atoms with van der Waals surface area (Å²) in [6.45, 7) is 3.97. The molecule has 2 aliphatic heterocycles. The SMILES string of the molecule is C[C@@H]1C[C@@H](O)[C@@]23CCCN4CCC[C@]42C(=O)C[C@H]3[C@@H]1O. The predicted octanol–water partition coefficient (Wildman–Crippen LogP) is 0.952. The number of Topliss-reactive ketones (excluding diaryl/α,β-unsaturated/α-hetero) is 1. The summed E-state index contributed by atoms with van der Waals surface area (Å²) >= 11 is 0. The molecule has 0 aromatic carbocycles. The molecule has 4 aliphatic rings. The third-order valence-corrected chi connectivity index (χ3v) is 7.01. The Labute approximate surface area is 120 Å². The van der Waals surface area contributed by atoms with Crippen molar-refractivity contribution in [3.63, 3.8) is 0 Å². The van der Waals surface area contributed by atoms with E-state index in [1.165, 1.54) is 0 Å². The van der Waals surface area contributed by atoms with E-state index < -0.39 is 17.7 Å². The van der Waals surface area contributed by atoms with Crippen molar-refractivity contribution in [2.45, 2.75) is 63.2 Å². The first-order chi connectivity index (χ1) is 9.54. The Kier molecular flexibility index (Phi) is 2.68. The molecule has 0 radical (unpaired) electrons. The van der Waals surface area contributed by atoms with E-state index in [-0.39, 0.29) is 17.3 Å². The normalized spacial score (nSPS) is 55.5. The number of aliphatic hydroxyl groups is 2. The topological polar surface area (TPSA) is 60.8 Å². The van der Waals surface area contributed by atoms with Crippen LogP contribution in [-0.2, 0) is 4.79 Å². The van der Waals surface area contributed by atoms with Crippen LogP contribution in [0, 0.1) is 17.3 Å². The highest BCUT2D eigenvalue weighted by Crippen LogP contribution is 2.65. The van der Waals surface area contributed by atoms with Gasteiger partial charge in [0.2, 0.25) is 0 Å². The highest BCUT2D eigenvalue weighted by molar-refractivity contribution is 5.93. The molecule has 0 unspecified atom stereocenters. The van der Waals surface area contributed by atoms with Crippen LogP contribution < -0.4 is 0 Å². The Morgan fingerprint density at radius 1 is 1.20 bits per heavy atom. The van der Waals surface area contributed by atoms with E-state index in [2.05, 4.69) is 4.90 Å². The van der Waals surface area contributed by atoms with Crippen molar-refractivity contribution >= 4 is 5.78 Å². The van der Waals surface area contributed by atoms with Crippen molar-refractivity contribution in [3.8, 4) is 0 Å². The van der Waals surface area contributed by atoms with Crippen LogP contribution >= 0.6 is 0 Å². The first kappa shape index (κ1) is 13.2. The summed E-state index contributed by atoms with van der Waals surface area (Å²) in [6.07, 6.45) is 4.15. The van der Waals surface area contributed by atoms with Gasteiger partial charge in [0.1, 0.15) is 0 Å². The standard InChI is InChI=1S/C16H25NO3/c1-10-8-12(18)15-4-2-6-17-7-3-5-16(15,17)13(19)9-11(15)14(10)20/h10-12,14,18,20H,2-9H2,1H3/t10-,11+,12-,14-,15+,16-/m1/s1. The summed E-state index contributed by atoms with van der Waals surface area (Å²) in [5, 5.41) is 21.6. The molecule has 0 aromatic heterocycles. The summed E-state index contributed by atoms with van der Waals surface area (Å²) < 4.78 is 0. The van der Waals surface area contributed by atoms with Gasteiger partial charge in [-0.25, -0.2) is 0 Å². The molecule has 112 valence electrons. The number of hydrogen-bond acceptors (Lipinski definition) is 4. The second-order valence-electron chi connectivity index (χ2n) is 7.55. The number of piperidine rings is 1. The molecule has 4 nitrogen and oxygen atoms in total. The Balaban J connectivity index is 1.88. The van der Waals surface area contributed by atoms with Crippen molar-refractivity contribution in [2.75, 3.05) is 13.1 Å². The highest BCUT2D eigenvalue weighted by Gasteiger charge is 2.74. The van der Waals surface area contributed by atoms with Crippen LogP contribution in [0.5, 0.6) is 0 Å². The zero-order chi connectivity index (χ0) is 14.1. The predicted molar refractivity (Wildman–Crippen MR) is 74.1 cm³/mol. The number of hydrogen-bond donors (Lipinski definition) is 2. The van der Waals surface area contributed by atoms with Crippen LogP contribution in [0.25, 0.3) is 0 Å². The van der Waals surface area contributed by atoms with Crippen LogP contribution in [0.3, 0.4) is 0 Å². The number of ketones is 1. The molecule has 0 bridgehead atoms. The molecule has 2 saturated carbocycles. The van der Waals surface area contributed by atoms with Gasteiger partial charge < -0.3 is 10.2 Å². The van der Waals surface area contributed by atoms with Crippen LogP contribution in [0.2, 0.25) is 0 Å². The molecular formula is C16H25NO3. The van der Waals surface area contributed by atoms with E-state index in [1.807, 2.05) is 6.92 Å². The summed E-state index contributed by atoms with van der Waals surface area (Å²) in [6, 6.07) is 0. The van der Waals surface area contributed by atoms with Gasteiger partial charge in [0, 0.05) is 17.8 Å². The smallest absolute Gasteiger partial charge is 0.154 e. The van der Waals surface area contributed by atoms with E-state index in [0.717, 1.165) is 38.8 Å². The minimum absolute atomic E-state index is 0.0327. The lowest BCUT2D eigenvalue weighted by Gasteiger charge is -2.59. The van der Waals surface area contributed by atoms with Crippen LogP contribution in [0.4, 0.5) is 0 Å². The fourth-order valence-electron chi connectivity index (χ4n) is 6.31. The van der Waals surface area contributed by atoms with Crippen LogP contribution in [-0.4, -0.2) is 51.7 Å². The maximum atomic E-state index is 12.9. The summed E-state index contributed by atoms with van der Waals surface area (Å²) in [5.41, 5.74) is -0.818. The minimum atomic E-state index is -0.448. The second kappa shape index (κ2) is 4.05. The summed E-state index contributed by atoms with van der Waals surface area (Å²) in [7, 11) is 0. The number of carbonyl (C=O) groups is 1. The fraction of sp³-hybridized carbons (Fsp3) is 0.938. The molecule has 4 rings (SSSR count). The van der Waals surface area contributed by atoms with E-state index in [1.54, 1.807) is 0 Å². The molecule has 2 spiro atoms. The van der Waals surface area contributed by atoms with E-state index in [9.17, 15) is 15.0 Å². The summed E-state index contributed by atoms with van der Waals surface area (Å²) in [5.74, 6) is 0.363. The van der Waals surface area contributed by atoms with E-state index >= 15 is 0 Å². The molecule has 4 fully saturated rings. The maximum Gasteiger partial charge on any atom is 0.154 e. The van der Waals surface area contributed by atoms with Gasteiger partial charge >= 0.3 is 0 Å². The zero-order valence-electron chi connectivity index (χ0n) is 12.2. The Morgan fingerprint density at radius 3 is 2.65 bits per heavy atom. The lowest BCUT2D eigenvalue weighted by Crippen LogP contribution is -2.69. The lowest BCUT2D eigenvalue weighted by atomic mass is 9.52. The molecule has 20 heavy (non-hydrogen) atoms.